The summed E-state index contributed by atoms with van der Waals surface area (Å²) < 4.78 is 0. The van der Waals surface area contributed by atoms with Gasteiger partial charge in [-0.05, 0) is 31.2 Å². The summed E-state index contributed by atoms with van der Waals surface area (Å²) in [5, 5.41) is 25.7. The van der Waals surface area contributed by atoms with Gasteiger partial charge in [-0.25, -0.2) is 4.98 Å². The van der Waals surface area contributed by atoms with Crippen LogP contribution in [0.5, 0.6) is 0 Å². The predicted molar refractivity (Wildman–Crippen MR) is 94.6 cm³/mol. The lowest BCUT2D eigenvalue weighted by atomic mass is 9.93. The smallest absolute Gasteiger partial charge is 0.128 e. The molecule has 124 valence electrons. The molecule has 0 spiro atoms. The normalized spacial score (nSPS) is 20.2. The molecular weight excluding hydrogens is 300 g/mol. The van der Waals surface area contributed by atoms with E-state index in [0.29, 0.717) is 18.2 Å². The Bertz CT molecular complexity index is 703. The van der Waals surface area contributed by atoms with Gasteiger partial charge in [0.15, 0.2) is 0 Å². The van der Waals surface area contributed by atoms with Crippen molar-refractivity contribution in [1.82, 2.24) is 4.98 Å². The molecule has 5 heteroatoms. The number of aromatic nitrogens is 1. The van der Waals surface area contributed by atoms with Crippen molar-refractivity contribution in [3.63, 3.8) is 0 Å². The molecule has 1 aliphatic carbocycles. The Morgan fingerprint density at radius 2 is 1.92 bits per heavy atom. The highest BCUT2D eigenvalue weighted by Crippen LogP contribution is 2.25. The molecule has 0 aliphatic heterocycles. The fraction of sp³-hybridized carbons (Fsp3) is 0.368. The third kappa shape index (κ3) is 4.24. The molecule has 0 atom stereocenters. The summed E-state index contributed by atoms with van der Waals surface area (Å²) in [4.78, 5) is 4.32. The van der Waals surface area contributed by atoms with Crippen LogP contribution in [0.25, 0.3) is 0 Å². The van der Waals surface area contributed by atoms with Gasteiger partial charge >= 0.3 is 0 Å². The van der Waals surface area contributed by atoms with Gasteiger partial charge in [0.2, 0.25) is 0 Å². The van der Waals surface area contributed by atoms with Gasteiger partial charge in [0.1, 0.15) is 11.9 Å². The van der Waals surface area contributed by atoms with E-state index >= 15 is 0 Å². The number of benzene rings is 1. The topological polar surface area (TPSA) is 81.0 Å². The number of nitrogens with one attached hydrogen (secondary N) is 2. The summed E-state index contributed by atoms with van der Waals surface area (Å²) in [5.41, 5.74) is 2.54. The molecule has 1 aliphatic rings. The van der Waals surface area contributed by atoms with Gasteiger partial charge in [-0.3, -0.25) is 0 Å². The third-order valence-corrected chi connectivity index (χ3v) is 4.40. The van der Waals surface area contributed by atoms with Gasteiger partial charge in [-0.1, -0.05) is 30.3 Å². The summed E-state index contributed by atoms with van der Waals surface area (Å²) in [6.45, 7) is 0.689. The van der Waals surface area contributed by atoms with E-state index in [1.165, 1.54) is 5.56 Å². The fourth-order valence-electron chi connectivity index (χ4n) is 2.99. The molecule has 0 radical (unpaired) electrons. The molecule has 2 aromatic rings. The monoisotopic (exact) mass is 322 g/mol. The van der Waals surface area contributed by atoms with Crippen LogP contribution in [0, 0.1) is 11.3 Å². The zero-order valence-electron chi connectivity index (χ0n) is 13.6. The molecule has 0 unspecified atom stereocenters. The molecule has 0 bridgehead atoms. The second-order valence-corrected chi connectivity index (χ2v) is 6.22. The first-order valence-electron chi connectivity index (χ1n) is 8.37. The van der Waals surface area contributed by atoms with Gasteiger partial charge in [0, 0.05) is 24.8 Å². The van der Waals surface area contributed by atoms with Gasteiger partial charge in [0.25, 0.3) is 0 Å². The van der Waals surface area contributed by atoms with Crippen LogP contribution in [0.2, 0.25) is 0 Å². The number of aliphatic hydroxyl groups is 1. The molecule has 1 fully saturated rings. The molecule has 0 saturated heterocycles. The molecule has 1 heterocycles. The second-order valence-electron chi connectivity index (χ2n) is 6.22. The number of pyridine rings is 1. The van der Waals surface area contributed by atoms with Crippen molar-refractivity contribution < 1.29 is 5.11 Å². The Morgan fingerprint density at radius 1 is 1.17 bits per heavy atom. The number of anilines is 2. The largest absolute Gasteiger partial charge is 0.393 e. The molecule has 1 aromatic carbocycles. The van der Waals surface area contributed by atoms with Crippen LogP contribution in [0.15, 0.2) is 42.6 Å². The number of hydrogen-bond donors (Lipinski definition) is 3. The van der Waals surface area contributed by atoms with E-state index < -0.39 is 0 Å². The highest BCUT2D eigenvalue weighted by atomic mass is 16.3. The Kier molecular flexibility index (Phi) is 5.29. The number of hydrogen-bond acceptors (Lipinski definition) is 5. The molecule has 3 rings (SSSR count). The van der Waals surface area contributed by atoms with Crippen LogP contribution < -0.4 is 10.6 Å². The number of nitriles is 1. The number of nitrogens with zero attached hydrogens (tertiary/aromatic N) is 2. The maximum atomic E-state index is 9.62. The van der Waals surface area contributed by atoms with Crippen molar-refractivity contribution in [3.05, 3.63) is 53.7 Å². The minimum absolute atomic E-state index is 0.181. The standard InChI is InChI=1S/C19H22N4O/c20-11-15-13-22-19(21-12-14-4-2-1-3-5-14)10-18(15)23-16-6-8-17(24)9-7-16/h1-5,10,13,16-17,24H,6-9,12H2,(H2,21,22,23). The van der Waals surface area contributed by atoms with Crippen LogP contribution in [-0.4, -0.2) is 22.2 Å². The molecule has 0 amide bonds. The second kappa shape index (κ2) is 7.80. The van der Waals surface area contributed by atoms with Gasteiger partial charge in [-0.15, -0.1) is 0 Å². The average Bonchev–Trinajstić information content (AvgIpc) is 2.63. The summed E-state index contributed by atoms with van der Waals surface area (Å²) in [6, 6.07) is 14.5. The first-order chi connectivity index (χ1) is 11.7. The minimum Gasteiger partial charge on any atom is -0.393 e. The number of rotatable bonds is 5. The SMILES string of the molecule is N#Cc1cnc(NCc2ccccc2)cc1NC1CCC(O)CC1. The van der Waals surface area contributed by atoms with Gasteiger partial charge in [0.05, 0.1) is 17.4 Å². The van der Waals surface area contributed by atoms with E-state index in [1.54, 1.807) is 6.20 Å². The van der Waals surface area contributed by atoms with E-state index in [4.69, 9.17) is 0 Å². The zero-order chi connectivity index (χ0) is 16.8. The summed E-state index contributed by atoms with van der Waals surface area (Å²) in [7, 11) is 0. The maximum Gasteiger partial charge on any atom is 0.128 e. The van der Waals surface area contributed by atoms with Gasteiger partial charge < -0.3 is 15.7 Å². The molecular formula is C19H22N4O. The zero-order valence-corrected chi connectivity index (χ0v) is 13.6. The summed E-state index contributed by atoms with van der Waals surface area (Å²) in [6.07, 6.45) is 4.88. The first kappa shape index (κ1) is 16.3. The Labute approximate surface area is 142 Å². The first-order valence-corrected chi connectivity index (χ1v) is 8.37. The van der Waals surface area contributed by atoms with Crippen LogP contribution >= 0.6 is 0 Å². The van der Waals surface area contributed by atoms with Crippen LogP contribution in [0.1, 0.15) is 36.8 Å². The lowest BCUT2D eigenvalue weighted by Crippen LogP contribution is -2.28. The quantitative estimate of drug-likeness (QED) is 0.787. The van der Waals surface area contributed by atoms with Crippen molar-refractivity contribution in [1.29, 1.82) is 5.26 Å². The molecule has 5 nitrogen and oxygen atoms in total. The Morgan fingerprint density at radius 3 is 2.62 bits per heavy atom. The summed E-state index contributed by atoms with van der Waals surface area (Å²) >= 11 is 0. The minimum atomic E-state index is -0.181. The van der Waals surface area contributed by atoms with E-state index in [9.17, 15) is 10.4 Å². The fourth-order valence-corrected chi connectivity index (χ4v) is 2.99. The Hall–Kier alpha value is -2.58. The van der Waals surface area contributed by atoms with Crippen molar-refractivity contribution in [2.24, 2.45) is 0 Å². The molecule has 1 saturated carbocycles. The average molecular weight is 322 g/mol. The summed E-state index contributed by atoms with van der Waals surface area (Å²) in [5.74, 6) is 0.746. The third-order valence-electron chi connectivity index (χ3n) is 4.40. The van der Waals surface area contributed by atoms with Crippen molar-refractivity contribution in [2.75, 3.05) is 10.6 Å². The van der Waals surface area contributed by atoms with Crippen molar-refractivity contribution >= 4 is 11.5 Å². The van der Waals surface area contributed by atoms with E-state index in [2.05, 4.69) is 33.8 Å². The molecule has 1 aromatic heterocycles. The van der Waals surface area contributed by atoms with Crippen molar-refractivity contribution in [3.8, 4) is 6.07 Å². The van der Waals surface area contributed by atoms with Crippen LogP contribution in [-0.2, 0) is 6.54 Å². The maximum absolute atomic E-state index is 9.62. The van der Waals surface area contributed by atoms with E-state index in [0.717, 1.165) is 37.2 Å². The highest BCUT2D eigenvalue weighted by molar-refractivity contribution is 5.62. The highest BCUT2D eigenvalue weighted by Gasteiger charge is 2.20. The molecule has 24 heavy (non-hydrogen) atoms. The van der Waals surface area contributed by atoms with E-state index in [1.807, 2.05) is 24.3 Å². The molecule has 3 N–H and O–H groups in total. The lowest BCUT2D eigenvalue weighted by molar-refractivity contribution is 0.126. The number of aliphatic hydroxyl groups excluding tert-OH is 1. The predicted octanol–water partition coefficient (Wildman–Crippen LogP) is 3.28. The van der Waals surface area contributed by atoms with Crippen LogP contribution in [0.4, 0.5) is 11.5 Å². The van der Waals surface area contributed by atoms with Gasteiger partial charge in [-0.2, -0.15) is 5.26 Å². The van der Waals surface area contributed by atoms with Crippen molar-refractivity contribution in [2.45, 2.75) is 44.4 Å². The van der Waals surface area contributed by atoms with Crippen LogP contribution in [0.3, 0.4) is 0 Å². The lowest BCUT2D eigenvalue weighted by Gasteiger charge is -2.27. The Balaban J connectivity index is 1.67. The van der Waals surface area contributed by atoms with E-state index in [-0.39, 0.29) is 6.10 Å².